The number of aliphatic hydroxyl groups excluding tert-OH is 1. The second kappa shape index (κ2) is 6.17. The molecule has 7 heteroatoms. The van der Waals surface area contributed by atoms with Gasteiger partial charge in [-0.05, 0) is 24.8 Å². The largest absolute Gasteiger partial charge is 0.396 e. The molecule has 3 N–H and O–H groups in total. The minimum atomic E-state index is -3.59. The zero-order valence-electron chi connectivity index (χ0n) is 11.0. The van der Waals surface area contributed by atoms with Crippen molar-refractivity contribution in [3.05, 3.63) is 29.8 Å². The monoisotopic (exact) mass is 314 g/mol. The van der Waals surface area contributed by atoms with Gasteiger partial charge in [-0.2, -0.15) is 4.31 Å². The molecule has 0 bridgehead atoms. The molecular formula is C13H18N2O3S2. The average molecular weight is 314 g/mol. The molecule has 0 unspecified atom stereocenters. The lowest BCUT2D eigenvalue weighted by atomic mass is 10.00. The Balaban J connectivity index is 2.30. The summed E-state index contributed by atoms with van der Waals surface area (Å²) in [6, 6.07) is 6.53. The molecular weight excluding hydrogens is 296 g/mol. The minimum absolute atomic E-state index is 0.0782. The molecule has 1 fully saturated rings. The molecule has 110 valence electrons. The molecule has 1 saturated heterocycles. The highest BCUT2D eigenvalue weighted by Crippen LogP contribution is 2.25. The van der Waals surface area contributed by atoms with Gasteiger partial charge in [0.1, 0.15) is 4.99 Å². The summed E-state index contributed by atoms with van der Waals surface area (Å²) in [5, 5.41) is 9.11. The van der Waals surface area contributed by atoms with Crippen molar-refractivity contribution in [2.75, 3.05) is 19.7 Å². The molecule has 0 aliphatic carbocycles. The van der Waals surface area contributed by atoms with E-state index in [1.54, 1.807) is 18.2 Å². The lowest BCUT2D eigenvalue weighted by Gasteiger charge is -2.30. The number of thiocarbonyl (C=S) groups is 1. The topological polar surface area (TPSA) is 83.6 Å². The van der Waals surface area contributed by atoms with Gasteiger partial charge in [0.2, 0.25) is 10.0 Å². The van der Waals surface area contributed by atoms with Crippen molar-refractivity contribution in [2.24, 2.45) is 11.7 Å². The molecule has 5 nitrogen and oxygen atoms in total. The Kier molecular flexibility index (Phi) is 4.74. The highest BCUT2D eigenvalue weighted by molar-refractivity contribution is 7.89. The highest BCUT2D eigenvalue weighted by atomic mass is 32.2. The molecule has 1 aromatic carbocycles. The van der Waals surface area contributed by atoms with Crippen LogP contribution in [0.1, 0.15) is 18.4 Å². The van der Waals surface area contributed by atoms with Crippen LogP contribution in [0, 0.1) is 5.92 Å². The van der Waals surface area contributed by atoms with Gasteiger partial charge in [-0.1, -0.05) is 30.4 Å². The van der Waals surface area contributed by atoms with Crippen molar-refractivity contribution in [2.45, 2.75) is 17.7 Å². The van der Waals surface area contributed by atoms with Crippen LogP contribution < -0.4 is 5.73 Å². The Hall–Kier alpha value is -1.02. The summed E-state index contributed by atoms with van der Waals surface area (Å²) in [6.07, 6.45) is 1.34. The van der Waals surface area contributed by atoms with Crippen molar-refractivity contribution >= 4 is 27.2 Å². The van der Waals surface area contributed by atoms with Crippen molar-refractivity contribution in [1.29, 1.82) is 0 Å². The van der Waals surface area contributed by atoms with E-state index in [-0.39, 0.29) is 22.4 Å². The van der Waals surface area contributed by atoms with Crippen molar-refractivity contribution in [1.82, 2.24) is 4.31 Å². The summed E-state index contributed by atoms with van der Waals surface area (Å²) in [5.41, 5.74) is 5.98. The Bertz CT molecular complexity index is 593. The first-order valence-corrected chi connectivity index (χ1v) is 8.31. The Morgan fingerprint density at radius 2 is 1.95 bits per heavy atom. The van der Waals surface area contributed by atoms with E-state index in [9.17, 15) is 8.42 Å². The molecule has 0 amide bonds. The van der Waals surface area contributed by atoms with Gasteiger partial charge in [-0.3, -0.25) is 0 Å². The van der Waals surface area contributed by atoms with E-state index < -0.39 is 10.0 Å². The molecule has 0 saturated carbocycles. The van der Waals surface area contributed by atoms with Crippen LogP contribution in [0.3, 0.4) is 0 Å². The van der Waals surface area contributed by atoms with Gasteiger partial charge in [0.05, 0.1) is 4.90 Å². The number of rotatable bonds is 4. The first-order valence-electron chi connectivity index (χ1n) is 6.46. The van der Waals surface area contributed by atoms with Crippen molar-refractivity contribution < 1.29 is 13.5 Å². The number of hydrogen-bond acceptors (Lipinski definition) is 4. The Morgan fingerprint density at radius 3 is 2.50 bits per heavy atom. The standard InChI is InChI=1S/C13H18N2O3S2/c14-13(19)11-3-1-2-4-12(11)20(17,18)15-7-5-10(9-16)6-8-15/h1-4,10,16H,5-9H2,(H2,14,19). The summed E-state index contributed by atoms with van der Waals surface area (Å²) < 4.78 is 26.8. The van der Waals surface area contributed by atoms with E-state index in [4.69, 9.17) is 23.1 Å². The number of nitrogens with two attached hydrogens (primary N) is 1. The second-order valence-electron chi connectivity index (χ2n) is 4.89. The van der Waals surface area contributed by atoms with E-state index in [1.165, 1.54) is 10.4 Å². The fourth-order valence-electron chi connectivity index (χ4n) is 2.37. The average Bonchev–Trinajstić information content (AvgIpc) is 2.47. The molecule has 1 aromatic rings. The lowest BCUT2D eigenvalue weighted by molar-refractivity contribution is 0.170. The zero-order chi connectivity index (χ0) is 14.8. The van der Waals surface area contributed by atoms with Crippen LogP contribution in [-0.2, 0) is 10.0 Å². The molecule has 2 rings (SSSR count). The van der Waals surface area contributed by atoms with Crippen LogP contribution in [0.5, 0.6) is 0 Å². The molecule has 1 heterocycles. The summed E-state index contributed by atoms with van der Waals surface area (Å²) >= 11 is 4.92. The second-order valence-corrected chi connectivity index (χ2v) is 7.24. The van der Waals surface area contributed by atoms with E-state index in [1.807, 2.05) is 0 Å². The van der Waals surface area contributed by atoms with Gasteiger partial charge >= 0.3 is 0 Å². The molecule has 20 heavy (non-hydrogen) atoms. The van der Waals surface area contributed by atoms with Gasteiger partial charge < -0.3 is 10.8 Å². The molecule has 0 aromatic heterocycles. The molecule has 1 aliphatic heterocycles. The predicted octanol–water partition coefficient (Wildman–Crippen LogP) is 0.714. The summed E-state index contributed by atoms with van der Waals surface area (Å²) in [5.74, 6) is 0.187. The van der Waals surface area contributed by atoms with E-state index >= 15 is 0 Å². The number of sulfonamides is 1. The number of hydrogen-bond donors (Lipinski definition) is 2. The molecule has 0 spiro atoms. The summed E-state index contributed by atoms with van der Waals surface area (Å²) in [7, 11) is -3.59. The van der Waals surface area contributed by atoms with Crippen LogP contribution in [0.15, 0.2) is 29.2 Å². The Labute approximate surface area is 124 Å². The summed E-state index contributed by atoms with van der Waals surface area (Å²) in [4.78, 5) is 0.240. The SMILES string of the molecule is NC(=S)c1ccccc1S(=O)(=O)N1CCC(CO)CC1. The fraction of sp³-hybridized carbons (Fsp3) is 0.462. The molecule has 0 radical (unpaired) electrons. The quantitative estimate of drug-likeness (QED) is 0.800. The predicted molar refractivity (Wildman–Crippen MR) is 80.9 cm³/mol. The third-order valence-corrected chi connectivity index (χ3v) is 5.78. The minimum Gasteiger partial charge on any atom is -0.396 e. The van der Waals surface area contributed by atoms with Gasteiger partial charge in [-0.15, -0.1) is 0 Å². The van der Waals surface area contributed by atoms with Gasteiger partial charge in [0.15, 0.2) is 0 Å². The fourth-order valence-corrected chi connectivity index (χ4v) is 4.29. The number of piperidine rings is 1. The first kappa shape index (κ1) is 15.4. The van der Waals surface area contributed by atoms with Crippen molar-refractivity contribution in [3.8, 4) is 0 Å². The molecule has 1 aliphatic rings. The smallest absolute Gasteiger partial charge is 0.243 e. The maximum Gasteiger partial charge on any atom is 0.243 e. The number of aliphatic hydroxyl groups is 1. The van der Waals surface area contributed by atoms with Crippen LogP contribution in [0.25, 0.3) is 0 Å². The lowest BCUT2D eigenvalue weighted by Crippen LogP contribution is -2.39. The normalized spacial score (nSPS) is 18.1. The maximum atomic E-state index is 12.7. The number of benzene rings is 1. The third kappa shape index (κ3) is 3.01. The Morgan fingerprint density at radius 1 is 1.35 bits per heavy atom. The van der Waals surface area contributed by atoms with Crippen LogP contribution in [-0.4, -0.2) is 42.5 Å². The maximum absolute atomic E-state index is 12.7. The van der Waals surface area contributed by atoms with Gasteiger partial charge in [0.25, 0.3) is 0 Å². The molecule has 0 atom stereocenters. The van der Waals surface area contributed by atoms with Crippen LogP contribution in [0.4, 0.5) is 0 Å². The van der Waals surface area contributed by atoms with Crippen molar-refractivity contribution in [3.63, 3.8) is 0 Å². The third-order valence-electron chi connectivity index (χ3n) is 3.60. The van der Waals surface area contributed by atoms with Gasteiger partial charge in [-0.25, -0.2) is 8.42 Å². The van der Waals surface area contributed by atoms with Gasteiger partial charge in [0, 0.05) is 25.3 Å². The number of nitrogens with zero attached hydrogens (tertiary/aromatic N) is 1. The van der Waals surface area contributed by atoms with Crippen LogP contribution in [0.2, 0.25) is 0 Å². The van der Waals surface area contributed by atoms with E-state index in [2.05, 4.69) is 0 Å². The first-order chi connectivity index (χ1) is 9.46. The highest BCUT2D eigenvalue weighted by Gasteiger charge is 2.30. The van der Waals surface area contributed by atoms with Crippen LogP contribution >= 0.6 is 12.2 Å². The van der Waals surface area contributed by atoms with E-state index in [0.717, 1.165) is 0 Å². The zero-order valence-corrected chi connectivity index (χ0v) is 12.7. The van der Waals surface area contributed by atoms with E-state index in [0.29, 0.717) is 31.5 Å². The summed E-state index contributed by atoms with van der Waals surface area (Å²) in [6.45, 7) is 0.940.